The summed E-state index contributed by atoms with van der Waals surface area (Å²) >= 11 is 6.02. The molecule has 0 fully saturated rings. The van der Waals surface area contributed by atoms with Gasteiger partial charge in [0, 0.05) is 35.6 Å². The third-order valence-corrected chi connectivity index (χ3v) is 5.02. The SMILES string of the molecule is C=C(C(N)=O)c1ccc(F)c(Nc2nc(Nc3cnn(C)c3)ncc2-c2ccc(Cl)cc2)c1. The van der Waals surface area contributed by atoms with E-state index in [0.717, 1.165) is 5.56 Å². The van der Waals surface area contributed by atoms with Crippen LogP contribution in [0.3, 0.4) is 0 Å². The van der Waals surface area contributed by atoms with Gasteiger partial charge in [-0.05, 0) is 35.4 Å². The van der Waals surface area contributed by atoms with Crippen molar-refractivity contribution in [3.8, 4) is 11.1 Å². The molecular weight excluding hydrogens is 445 g/mol. The van der Waals surface area contributed by atoms with Crippen molar-refractivity contribution >= 4 is 46.2 Å². The molecule has 0 bridgehead atoms. The average Bonchev–Trinajstić information content (AvgIpc) is 3.20. The van der Waals surface area contributed by atoms with Crippen LogP contribution in [0.25, 0.3) is 16.7 Å². The van der Waals surface area contributed by atoms with Crippen molar-refractivity contribution < 1.29 is 9.18 Å². The van der Waals surface area contributed by atoms with Crippen LogP contribution in [0.5, 0.6) is 0 Å². The van der Waals surface area contributed by atoms with Crippen LogP contribution >= 0.6 is 11.6 Å². The molecule has 2 aromatic heterocycles. The molecule has 4 rings (SSSR count). The molecule has 8 nitrogen and oxygen atoms in total. The van der Waals surface area contributed by atoms with Gasteiger partial charge in [0.1, 0.15) is 11.6 Å². The third-order valence-electron chi connectivity index (χ3n) is 4.77. The fourth-order valence-electron chi connectivity index (χ4n) is 3.07. The molecule has 0 spiro atoms. The molecule has 33 heavy (non-hydrogen) atoms. The molecule has 10 heteroatoms. The average molecular weight is 464 g/mol. The van der Waals surface area contributed by atoms with Crippen LogP contribution in [0.1, 0.15) is 5.56 Å². The maximum Gasteiger partial charge on any atom is 0.248 e. The predicted molar refractivity (Wildman–Crippen MR) is 127 cm³/mol. The van der Waals surface area contributed by atoms with E-state index in [9.17, 15) is 9.18 Å². The first-order valence-electron chi connectivity index (χ1n) is 9.74. The number of anilines is 4. The predicted octanol–water partition coefficient (Wildman–Crippen LogP) is 4.66. The molecule has 0 saturated carbocycles. The molecule has 0 aliphatic heterocycles. The minimum absolute atomic E-state index is 0.0672. The molecule has 4 aromatic rings. The number of benzene rings is 2. The van der Waals surface area contributed by atoms with Gasteiger partial charge in [0.25, 0.3) is 0 Å². The summed E-state index contributed by atoms with van der Waals surface area (Å²) in [6.07, 6.45) is 5.01. The first-order chi connectivity index (χ1) is 15.8. The number of nitrogens with zero attached hydrogens (tertiary/aromatic N) is 4. The van der Waals surface area contributed by atoms with Crippen molar-refractivity contribution in [2.75, 3.05) is 10.6 Å². The molecule has 0 unspecified atom stereocenters. The van der Waals surface area contributed by atoms with Gasteiger partial charge in [0.2, 0.25) is 11.9 Å². The number of carbonyl (C=O) groups excluding carboxylic acids is 1. The largest absolute Gasteiger partial charge is 0.366 e. The number of nitrogens with one attached hydrogen (secondary N) is 2. The molecule has 0 radical (unpaired) electrons. The number of amides is 1. The highest BCUT2D eigenvalue weighted by atomic mass is 35.5. The van der Waals surface area contributed by atoms with E-state index >= 15 is 0 Å². The van der Waals surface area contributed by atoms with Crippen molar-refractivity contribution in [1.29, 1.82) is 0 Å². The molecule has 0 atom stereocenters. The topological polar surface area (TPSA) is 111 Å². The minimum atomic E-state index is -0.695. The Morgan fingerprint density at radius 2 is 1.91 bits per heavy atom. The van der Waals surface area contributed by atoms with Gasteiger partial charge >= 0.3 is 0 Å². The number of nitrogens with two attached hydrogens (primary N) is 1. The zero-order chi connectivity index (χ0) is 23.5. The van der Waals surface area contributed by atoms with E-state index in [4.69, 9.17) is 17.3 Å². The fourth-order valence-corrected chi connectivity index (χ4v) is 3.20. The highest BCUT2D eigenvalue weighted by Gasteiger charge is 2.15. The van der Waals surface area contributed by atoms with Crippen molar-refractivity contribution in [1.82, 2.24) is 19.7 Å². The summed E-state index contributed by atoms with van der Waals surface area (Å²) in [4.78, 5) is 20.4. The number of aryl methyl sites for hydroxylation is 1. The summed E-state index contributed by atoms with van der Waals surface area (Å²) in [6, 6.07) is 11.2. The third kappa shape index (κ3) is 4.99. The van der Waals surface area contributed by atoms with Gasteiger partial charge in [-0.1, -0.05) is 36.4 Å². The lowest BCUT2D eigenvalue weighted by Crippen LogP contribution is -2.12. The summed E-state index contributed by atoms with van der Waals surface area (Å²) in [7, 11) is 1.79. The maximum absolute atomic E-state index is 14.7. The molecule has 4 N–H and O–H groups in total. The number of primary amides is 1. The van der Waals surface area contributed by atoms with Gasteiger partial charge < -0.3 is 16.4 Å². The van der Waals surface area contributed by atoms with Crippen molar-refractivity contribution in [3.63, 3.8) is 0 Å². The van der Waals surface area contributed by atoms with Crippen LogP contribution in [-0.4, -0.2) is 25.7 Å². The molecular formula is C23H19ClFN7O. The highest BCUT2D eigenvalue weighted by molar-refractivity contribution is 6.30. The minimum Gasteiger partial charge on any atom is -0.366 e. The Hall–Kier alpha value is -4.24. The summed E-state index contributed by atoms with van der Waals surface area (Å²) in [5.74, 6) is -0.626. The van der Waals surface area contributed by atoms with Crippen LogP contribution in [0.2, 0.25) is 5.02 Å². The molecule has 2 heterocycles. The summed E-state index contributed by atoms with van der Waals surface area (Å²) in [5, 5.41) is 10.7. The van der Waals surface area contributed by atoms with E-state index in [1.54, 1.807) is 42.5 Å². The maximum atomic E-state index is 14.7. The zero-order valence-corrected chi connectivity index (χ0v) is 18.3. The van der Waals surface area contributed by atoms with Crippen LogP contribution in [0.4, 0.5) is 27.5 Å². The van der Waals surface area contributed by atoms with Crippen molar-refractivity contribution in [3.05, 3.63) is 84.0 Å². The van der Waals surface area contributed by atoms with E-state index < -0.39 is 11.7 Å². The van der Waals surface area contributed by atoms with E-state index in [1.807, 2.05) is 12.1 Å². The first-order valence-corrected chi connectivity index (χ1v) is 10.1. The second-order valence-electron chi connectivity index (χ2n) is 7.15. The molecule has 2 aromatic carbocycles. The zero-order valence-electron chi connectivity index (χ0n) is 17.5. The number of hydrogen-bond donors (Lipinski definition) is 3. The van der Waals surface area contributed by atoms with Gasteiger partial charge in [-0.15, -0.1) is 0 Å². The Balaban J connectivity index is 1.76. The normalized spacial score (nSPS) is 10.6. The van der Waals surface area contributed by atoms with E-state index in [1.165, 1.54) is 18.2 Å². The van der Waals surface area contributed by atoms with E-state index in [0.29, 0.717) is 27.7 Å². The number of halogens is 2. The lowest BCUT2D eigenvalue weighted by molar-refractivity contribution is -0.112. The summed E-state index contributed by atoms with van der Waals surface area (Å²) in [6.45, 7) is 3.66. The molecule has 166 valence electrons. The number of aromatic nitrogens is 4. The van der Waals surface area contributed by atoms with Crippen molar-refractivity contribution in [2.24, 2.45) is 12.8 Å². The van der Waals surface area contributed by atoms with Crippen molar-refractivity contribution in [2.45, 2.75) is 0 Å². The number of rotatable bonds is 7. The monoisotopic (exact) mass is 463 g/mol. The first kappa shape index (κ1) is 22.0. The molecule has 0 aliphatic carbocycles. The van der Waals surface area contributed by atoms with E-state index in [-0.39, 0.29) is 17.2 Å². The van der Waals surface area contributed by atoms with Gasteiger partial charge in [0.05, 0.1) is 17.6 Å². The van der Waals surface area contributed by atoms with Crippen LogP contribution in [0, 0.1) is 5.82 Å². The van der Waals surface area contributed by atoms with Gasteiger partial charge in [-0.25, -0.2) is 9.37 Å². The number of carbonyl (C=O) groups is 1. The second-order valence-corrected chi connectivity index (χ2v) is 7.59. The lowest BCUT2D eigenvalue weighted by atomic mass is 10.1. The van der Waals surface area contributed by atoms with Crippen LogP contribution in [-0.2, 0) is 11.8 Å². The van der Waals surface area contributed by atoms with E-state index in [2.05, 4.69) is 32.3 Å². The lowest BCUT2D eigenvalue weighted by Gasteiger charge is -2.14. The molecule has 1 amide bonds. The fraction of sp³-hybridized carbons (Fsp3) is 0.0435. The Morgan fingerprint density at radius 1 is 1.15 bits per heavy atom. The molecule has 0 aliphatic rings. The van der Waals surface area contributed by atoms with Gasteiger partial charge in [-0.3, -0.25) is 9.48 Å². The quantitative estimate of drug-likeness (QED) is 0.344. The second kappa shape index (κ2) is 9.09. The van der Waals surface area contributed by atoms with Crippen LogP contribution in [0.15, 0.2) is 67.6 Å². The Kier molecular flexibility index (Phi) is 6.05. The van der Waals surface area contributed by atoms with Gasteiger partial charge in [0.15, 0.2) is 0 Å². The molecule has 0 saturated heterocycles. The van der Waals surface area contributed by atoms with Gasteiger partial charge in [-0.2, -0.15) is 10.1 Å². The smallest absolute Gasteiger partial charge is 0.248 e. The number of hydrogen-bond acceptors (Lipinski definition) is 6. The Morgan fingerprint density at radius 3 is 2.58 bits per heavy atom. The highest BCUT2D eigenvalue weighted by Crippen LogP contribution is 2.32. The standard InChI is InChI=1S/C23H19ClFN7O/c1-13(21(26)33)15-5-8-19(25)20(9-15)30-22-18(14-3-6-16(24)7-4-14)11-27-23(31-22)29-17-10-28-32(2)12-17/h3-12H,1H2,2H3,(H2,26,33)(H2,27,29,30,31). The van der Waals surface area contributed by atoms with Crippen LogP contribution < -0.4 is 16.4 Å². The Bertz CT molecular complexity index is 1350. The summed E-state index contributed by atoms with van der Waals surface area (Å²) < 4.78 is 16.3. The summed E-state index contributed by atoms with van der Waals surface area (Å²) in [5.41, 5.74) is 7.94. The Labute approximate surface area is 193 Å².